The minimum absolute atomic E-state index is 0.104. The molecule has 1 aromatic rings. The zero-order valence-electron chi connectivity index (χ0n) is 7.68. The molecular formula is C9H8Cl2F2O2. The van der Waals surface area contributed by atoms with Crippen LogP contribution in [0.1, 0.15) is 11.7 Å². The number of rotatable bonds is 3. The van der Waals surface area contributed by atoms with Crippen molar-refractivity contribution in [3.8, 4) is 5.75 Å². The summed E-state index contributed by atoms with van der Waals surface area (Å²) in [5.41, 5.74) is -0.148. The van der Waals surface area contributed by atoms with Gasteiger partial charge in [0.05, 0.1) is 7.11 Å². The predicted octanol–water partition coefficient (Wildman–Crippen LogP) is 3.21. The van der Waals surface area contributed by atoms with Gasteiger partial charge in [-0.1, -0.05) is 11.6 Å². The average Bonchev–Trinajstić information content (AvgIpc) is 2.15. The molecule has 0 aromatic heterocycles. The molecule has 0 bridgehead atoms. The normalized spacial score (nSPS) is 13.7. The molecule has 0 spiro atoms. The number of aliphatic hydroxyl groups is 1. The smallest absolute Gasteiger partial charge is 0.351 e. The van der Waals surface area contributed by atoms with E-state index in [9.17, 15) is 13.9 Å². The van der Waals surface area contributed by atoms with E-state index in [0.717, 1.165) is 0 Å². The summed E-state index contributed by atoms with van der Waals surface area (Å²) in [4.78, 5) is 0. The van der Waals surface area contributed by atoms with Crippen molar-refractivity contribution in [1.29, 1.82) is 0 Å². The summed E-state index contributed by atoms with van der Waals surface area (Å²) < 4.78 is 30.1. The first-order valence-electron chi connectivity index (χ1n) is 3.94. The van der Waals surface area contributed by atoms with Crippen LogP contribution in [-0.2, 0) is 0 Å². The maximum absolute atomic E-state index is 12.7. The van der Waals surface area contributed by atoms with Crippen LogP contribution in [0.15, 0.2) is 18.2 Å². The third-order valence-corrected chi connectivity index (χ3v) is 2.24. The number of alkyl halides is 3. The van der Waals surface area contributed by atoms with Gasteiger partial charge in [-0.05, 0) is 29.8 Å². The third kappa shape index (κ3) is 2.93. The number of ether oxygens (including phenoxy) is 1. The van der Waals surface area contributed by atoms with Crippen LogP contribution in [0.3, 0.4) is 0 Å². The predicted molar refractivity (Wildman–Crippen MR) is 53.8 cm³/mol. The Morgan fingerprint density at radius 1 is 1.47 bits per heavy atom. The van der Waals surface area contributed by atoms with Crippen molar-refractivity contribution in [2.24, 2.45) is 0 Å². The molecule has 0 fully saturated rings. The first kappa shape index (κ1) is 12.5. The molecule has 0 saturated carbocycles. The Morgan fingerprint density at radius 2 is 2.07 bits per heavy atom. The van der Waals surface area contributed by atoms with Crippen LogP contribution >= 0.6 is 23.2 Å². The summed E-state index contributed by atoms with van der Waals surface area (Å²) in [6.07, 6.45) is -2.16. The molecule has 2 nitrogen and oxygen atoms in total. The van der Waals surface area contributed by atoms with Crippen LogP contribution in [0, 0.1) is 0 Å². The van der Waals surface area contributed by atoms with Gasteiger partial charge in [-0.25, -0.2) is 0 Å². The van der Waals surface area contributed by atoms with Crippen molar-refractivity contribution in [2.45, 2.75) is 11.5 Å². The van der Waals surface area contributed by atoms with Crippen LogP contribution in [-0.4, -0.2) is 17.6 Å². The highest BCUT2D eigenvalue weighted by Crippen LogP contribution is 2.39. The van der Waals surface area contributed by atoms with Crippen molar-refractivity contribution < 1.29 is 18.6 Å². The maximum Gasteiger partial charge on any atom is 0.351 e. The van der Waals surface area contributed by atoms with E-state index in [2.05, 4.69) is 0 Å². The molecule has 6 heteroatoms. The Kier molecular flexibility index (Phi) is 3.76. The monoisotopic (exact) mass is 256 g/mol. The summed E-state index contributed by atoms with van der Waals surface area (Å²) in [5, 5.41) is 5.72. The van der Waals surface area contributed by atoms with Crippen LogP contribution in [0.25, 0.3) is 0 Å². The lowest BCUT2D eigenvalue weighted by Crippen LogP contribution is -2.19. The number of hydrogen-bond acceptors (Lipinski definition) is 2. The summed E-state index contributed by atoms with van der Waals surface area (Å²) in [6, 6.07) is 4.02. The molecule has 1 rings (SSSR count). The molecular weight excluding hydrogens is 249 g/mol. The van der Waals surface area contributed by atoms with Crippen molar-refractivity contribution in [2.75, 3.05) is 7.11 Å². The number of aliphatic hydroxyl groups excluding tert-OH is 1. The van der Waals surface area contributed by atoms with Gasteiger partial charge in [-0.2, -0.15) is 8.78 Å². The van der Waals surface area contributed by atoms with E-state index in [0.29, 0.717) is 0 Å². The highest BCUT2D eigenvalue weighted by atomic mass is 35.5. The second kappa shape index (κ2) is 4.51. The van der Waals surface area contributed by atoms with Crippen LogP contribution in [0.4, 0.5) is 8.78 Å². The standard InChI is InChI=1S/C9H8Cl2F2O2/c1-15-7-3-2-5(10)4-6(7)8(14)9(11,12)13/h2-4,8,14H,1H3. The van der Waals surface area contributed by atoms with Gasteiger partial charge in [0.25, 0.3) is 0 Å². The average molecular weight is 257 g/mol. The highest BCUT2D eigenvalue weighted by Gasteiger charge is 2.38. The second-order valence-electron chi connectivity index (χ2n) is 2.83. The van der Waals surface area contributed by atoms with E-state index in [1.807, 2.05) is 0 Å². The Balaban J connectivity index is 3.17. The molecule has 1 atom stereocenters. The molecule has 15 heavy (non-hydrogen) atoms. The fourth-order valence-electron chi connectivity index (χ4n) is 1.10. The van der Waals surface area contributed by atoms with E-state index in [1.165, 1.54) is 25.3 Å². The third-order valence-electron chi connectivity index (χ3n) is 1.80. The summed E-state index contributed by atoms with van der Waals surface area (Å²) in [6.45, 7) is 0. The molecule has 0 saturated heterocycles. The first-order chi connectivity index (χ1) is 6.86. The number of hydrogen-bond donors (Lipinski definition) is 1. The van der Waals surface area contributed by atoms with Crippen LogP contribution in [0.2, 0.25) is 5.02 Å². The van der Waals surface area contributed by atoms with Gasteiger partial charge in [0.2, 0.25) is 0 Å². The van der Waals surface area contributed by atoms with Gasteiger partial charge in [-0.15, -0.1) is 0 Å². The van der Waals surface area contributed by atoms with E-state index < -0.39 is 11.5 Å². The van der Waals surface area contributed by atoms with E-state index in [-0.39, 0.29) is 16.3 Å². The molecule has 0 radical (unpaired) electrons. The number of methoxy groups -OCH3 is 1. The van der Waals surface area contributed by atoms with Gasteiger partial charge < -0.3 is 9.84 Å². The van der Waals surface area contributed by atoms with E-state index in [1.54, 1.807) is 0 Å². The zero-order chi connectivity index (χ0) is 11.6. The highest BCUT2D eigenvalue weighted by molar-refractivity contribution is 6.30. The molecule has 0 aliphatic rings. The van der Waals surface area contributed by atoms with Gasteiger partial charge in [0, 0.05) is 10.6 Å². The Bertz CT molecular complexity index is 352. The molecule has 0 heterocycles. The van der Waals surface area contributed by atoms with E-state index >= 15 is 0 Å². The lowest BCUT2D eigenvalue weighted by molar-refractivity contribution is -0.0434. The van der Waals surface area contributed by atoms with Crippen LogP contribution < -0.4 is 4.74 Å². The molecule has 84 valence electrons. The summed E-state index contributed by atoms with van der Waals surface area (Å²) >= 11 is 10.3. The maximum atomic E-state index is 12.7. The van der Waals surface area contributed by atoms with Gasteiger partial charge >= 0.3 is 5.38 Å². The quantitative estimate of drug-likeness (QED) is 0.842. The van der Waals surface area contributed by atoms with Gasteiger partial charge in [0.15, 0.2) is 6.10 Å². The Labute approximate surface area is 95.4 Å². The molecule has 0 aliphatic heterocycles. The minimum atomic E-state index is -3.77. The van der Waals surface area contributed by atoms with Crippen molar-refractivity contribution >= 4 is 23.2 Å². The Morgan fingerprint density at radius 3 is 2.53 bits per heavy atom. The minimum Gasteiger partial charge on any atom is -0.496 e. The first-order valence-corrected chi connectivity index (χ1v) is 4.70. The SMILES string of the molecule is COc1ccc(Cl)cc1C(O)C(F)(F)Cl. The summed E-state index contributed by atoms with van der Waals surface area (Å²) in [7, 11) is 1.30. The molecule has 1 aromatic carbocycles. The lowest BCUT2D eigenvalue weighted by atomic mass is 10.1. The fraction of sp³-hybridized carbons (Fsp3) is 0.333. The van der Waals surface area contributed by atoms with Gasteiger partial charge in [0.1, 0.15) is 5.75 Å². The molecule has 0 aliphatic carbocycles. The molecule has 1 unspecified atom stereocenters. The zero-order valence-corrected chi connectivity index (χ0v) is 9.19. The van der Waals surface area contributed by atoms with Crippen molar-refractivity contribution in [3.63, 3.8) is 0 Å². The fourth-order valence-corrected chi connectivity index (χ4v) is 1.39. The number of halogens is 4. The van der Waals surface area contributed by atoms with Crippen molar-refractivity contribution in [1.82, 2.24) is 0 Å². The second-order valence-corrected chi connectivity index (χ2v) is 3.77. The Hall–Kier alpha value is -0.580. The topological polar surface area (TPSA) is 29.5 Å². The number of benzene rings is 1. The van der Waals surface area contributed by atoms with Gasteiger partial charge in [-0.3, -0.25) is 0 Å². The molecule has 0 amide bonds. The molecule has 1 N–H and O–H groups in total. The summed E-state index contributed by atoms with van der Waals surface area (Å²) in [5.74, 6) is 0.104. The van der Waals surface area contributed by atoms with Crippen LogP contribution in [0.5, 0.6) is 5.75 Å². The largest absolute Gasteiger partial charge is 0.496 e. The van der Waals surface area contributed by atoms with Crippen molar-refractivity contribution in [3.05, 3.63) is 28.8 Å². The lowest BCUT2D eigenvalue weighted by Gasteiger charge is -2.18. The van der Waals surface area contributed by atoms with E-state index in [4.69, 9.17) is 27.9 Å².